The third kappa shape index (κ3) is 44.9. The molecule has 0 fully saturated rings. The van der Waals surface area contributed by atoms with Gasteiger partial charge in [-0.05, 0) is 75.0 Å². The molecule has 0 rings (SSSR count). The molecule has 0 heterocycles. The highest BCUT2D eigenvalue weighted by molar-refractivity contribution is 5.69. The van der Waals surface area contributed by atoms with Crippen molar-refractivity contribution in [1.29, 1.82) is 0 Å². The third-order valence-corrected chi connectivity index (χ3v) is 14.6. The predicted molar refractivity (Wildman–Crippen MR) is 284 cm³/mol. The first-order valence-electron chi connectivity index (χ1n) is 29.8. The molecule has 0 aromatic rings. The summed E-state index contributed by atoms with van der Waals surface area (Å²) in [6.45, 7) is 15.3. The SMILES string of the molecule is CCCCCCCCC(CCCCCC)COC(=O)CCCCCC(CCCCCCC(=O)OCC(CC)CCCC)CCCCCC(=O)OCC(CCCCCC)CCCCCCCC. The number of hydrogen-bond donors (Lipinski definition) is 0. The largest absolute Gasteiger partial charge is 0.465 e. The summed E-state index contributed by atoms with van der Waals surface area (Å²) in [5.41, 5.74) is 0. The Morgan fingerprint density at radius 1 is 0.258 bits per heavy atom. The van der Waals surface area contributed by atoms with E-state index in [0.717, 1.165) is 70.6 Å². The lowest BCUT2D eigenvalue weighted by atomic mass is 9.89. The van der Waals surface area contributed by atoms with Crippen LogP contribution in [0.4, 0.5) is 0 Å². The van der Waals surface area contributed by atoms with Crippen molar-refractivity contribution in [3.8, 4) is 0 Å². The van der Waals surface area contributed by atoms with Gasteiger partial charge in [-0.2, -0.15) is 0 Å². The molecule has 3 unspecified atom stereocenters. The second-order valence-corrected chi connectivity index (χ2v) is 21.0. The number of esters is 3. The fraction of sp³-hybridized carbons (Fsp3) is 0.950. The van der Waals surface area contributed by atoms with Gasteiger partial charge in [-0.15, -0.1) is 0 Å². The van der Waals surface area contributed by atoms with E-state index in [1.54, 1.807) is 0 Å². The van der Waals surface area contributed by atoms with Gasteiger partial charge in [0.2, 0.25) is 0 Å². The molecule has 392 valence electrons. The molecule has 0 aliphatic heterocycles. The summed E-state index contributed by atoms with van der Waals surface area (Å²) < 4.78 is 17.4. The second kappa shape index (κ2) is 51.3. The first-order valence-corrected chi connectivity index (χ1v) is 29.8. The van der Waals surface area contributed by atoms with Crippen LogP contribution >= 0.6 is 0 Å². The van der Waals surface area contributed by atoms with Crippen molar-refractivity contribution in [2.45, 2.75) is 324 Å². The molecule has 66 heavy (non-hydrogen) atoms. The smallest absolute Gasteiger partial charge is 0.305 e. The monoisotopic (exact) mass is 933 g/mol. The van der Waals surface area contributed by atoms with Crippen molar-refractivity contribution in [3.05, 3.63) is 0 Å². The molecule has 0 radical (unpaired) electrons. The Balaban J connectivity index is 4.87. The van der Waals surface area contributed by atoms with E-state index in [1.807, 2.05) is 0 Å². The maximum atomic E-state index is 12.8. The lowest BCUT2D eigenvalue weighted by molar-refractivity contribution is -0.146. The Kier molecular flexibility index (Phi) is 50.0. The summed E-state index contributed by atoms with van der Waals surface area (Å²) in [6.07, 6.45) is 51.3. The molecule has 0 aromatic heterocycles. The molecule has 0 aromatic carbocycles. The fourth-order valence-electron chi connectivity index (χ4n) is 9.76. The highest BCUT2D eigenvalue weighted by atomic mass is 16.5. The molecule has 0 aliphatic rings. The van der Waals surface area contributed by atoms with Crippen molar-refractivity contribution in [1.82, 2.24) is 0 Å². The van der Waals surface area contributed by atoms with E-state index in [2.05, 4.69) is 41.5 Å². The summed E-state index contributed by atoms with van der Waals surface area (Å²) in [7, 11) is 0. The summed E-state index contributed by atoms with van der Waals surface area (Å²) in [4.78, 5) is 38.1. The van der Waals surface area contributed by atoms with Gasteiger partial charge < -0.3 is 14.2 Å². The van der Waals surface area contributed by atoms with Crippen LogP contribution in [0.2, 0.25) is 0 Å². The topological polar surface area (TPSA) is 78.9 Å². The van der Waals surface area contributed by atoms with Crippen LogP contribution in [0.3, 0.4) is 0 Å². The van der Waals surface area contributed by atoms with Gasteiger partial charge in [0.25, 0.3) is 0 Å². The Morgan fingerprint density at radius 2 is 0.485 bits per heavy atom. The summed E-state index contributed by atoms with van der Waals surface area (Å²) in [5, 5.41) is 0. The average molecular weight is 934 g/mol. The lowest BCUT2D eigenvalue weighted by Gasteiger charge is -2.18. The highest BCUT2D eigenvalue weighted by Crippen LogP contribution is 2.26. The second-order valence-electron chi connectivity index (χ2n) is 21.0. The minimum atomic E-state index is -0.0265. The van der Waals surface area contributed by atoms with E-state index in [4.69, 9.17) is 14.2 Å². The molecule has 0 spiro atoms. The Morgan fingerprint density at radius 3 is 0.803 bits per heavy atom. The van der Waals surface area contributed by atoms with Gasteiger partial charge in [0.1, 0.15) is 0 Å². The highest BCUT2D eigenvalue weighted by Gasteiger charge is 2.16. The molecular weight excluding hydrogens is 817 g/mol. The van der Waals surface area contributed by atoms with Gasteiger partial charge in [0.05, 0.1) is 19.8 Å². The Hall–Kier alpha value is -1.59. The zero-order valence-corrected chi connectivity index (χ0v) is 45.5. The van der Waals surface area contributed by atoms with E-state index < -0.39 is 0 Å². The normalized spacial score (nSPS) is 13.4. The van der Waals surface area contributed by atoms with Crippen LogP contribution in [0.15, 0.2) is 0 Å². The maximum absolute atomic E-state index is 12.8. The first-order chi connectivity index (χ1) is 32.3. The average Bonchev–Trinajstić information content (AvgIpc) is 3.32. The van der Waals surface area contributed by atoms with Gasteiger partial charge in [0.15, 0.2) is 0 Å². The van der Waals surface area contributed by atoms with Crippen LogP contribution < -0.4 is 0 Å². The van der Waals surface area contributed by atoms with Gasteiger partial charge in [-0.25, -0.2) is 0 Å². The molecule has 6 nitrogen and oxygen atoms in total. The molecule has 0 amide bonds. The van der Waals surface area contributed by atoms with Crippen LogP contribution in [0, 0.1) is 23.7 Å². The molecule has 6 heteroatoms. The van der Waals surface area contributed by atoms with Crippen LogP contribution in [-0.2, 0) is 28.6 Å². The van der Waals surface area contributed by atoms with Crippen molar-refractivity contribution < 1.29 is 28.6 Å². The number of carbonyl (C=O) groups is 3. The van der Waals surface area contributed by atoms with E-state index in [-0.39, 0.29) is 17.9 Å². The minimum absolute atomic E-state index is 0.00237. The van der Waals surface area contributed by atoms with Crippen molar-refractivity contribution in [2.24, 2.45) is 23.7 Å². The quantitative estimate of drug-likeness (QED) is 0.0343. The summed E-state index contributed by atoms with van der Waals surface area (Å²) in [5.74, 6) is 2.18. The van der Waals surface area contributed by atoms with Crippen molar-refractivity contribution >= 4 is 17.9 Å². The van der Waals surface area contributed by atoms with E-state index in [0.29, 0.717) is 62.8 Å². The predicted octanol–water partition coefficient (Wildman–Crippen LogP) is 19.4. The van der Waals surface area contributed by atoms with Gasteiger partial charge in [-0.1, -0.05) is 253 Å². The number of hydrogen-bond acceptors (Lipinski definition) is 6. The molecule has 0 saturated heterocycles. The zero-order chi connectivity index (χ0) is 48.4. The van der Waals surface area contributed by atoms with E-state index in [1.165, 1.54) is 193 Å². The van der Waals surface area contributed by atoms with Gasteiger partial charge in [-0.3, -0.25) is 14.4 Å². The zero-order valence-electron chi connectivity index (χ0n) is 45.5. The van der Waals surface area contributed by atoms with Gasteiger partial charge >= 0.3 is 17.9 Å². The Labute approximate surface area is 412 Å². The van der Waals surface area contributed by atoms with Crippen LogP contribution in [0.5, 0.6) is 0 Å². The fourth-order valence-corrected chi connectivity index (χ4v) is 9.76. The van der Waals surface area contributed by atoms with Crippen molar-refractivity contribution in [2.75, 3.05) is 19.8 Å². The molecular formula is C60H116O6. The molecule has 0 bridgehead atoms. The van der Waals surface area contributed by atoms with Gasteiger partial charge in [0, 0.05) is 19.3 Å². The van der Waals surface area contributed by atoms with E-state index in [9.17, 15) is 14.4 Å². The summed E-state index contributed by atoms with van der Waals surface area (Å²) in [6, 6.07) is 0. The van der Waals surface area contributed by atoms with Crippen LogP contribution in [0.1, 0.15) is 324 Å². The lowest BCUT2D eigenvalue weighted by Crippen LogP contribution is -2.14. The molecule has 0 saturated carbocycles. The number of ether oxygens (including phenoxy) is 3. The standard InChI is InChI=1S/C60H116O6/c1-7-13-18-22-24-33-46-56(44-30-20-15-9-3)52-65-59(62)49-38-28-35-42-55(41-32-26-27-37-48-58(61)64-51-54(12-6)40-17-11-5)43-36-29-39-50-60(63)66-53-57(45-31-21-16-10-4)47-34-25-23-19-14-8-2/h54-57H,7-53H2,1-6H3. The first kappa shape index (κ1) is 64.4. The number of carbonyl (C=O) groups excluding carboxylic acids is 3. The minimum Gasteiger partial charge on any atom is -0.465 e. The molecule has 0 aliphatic carbocycles. The Bertz CT molecular complexity index is 971. The molecule has 0 N–H and O–H groups in total. The van der Waals surface area contributed by atoms with E-state index >= 15 is 0 Å². The van der Waals surface area contributed by atoms with Crippen LogP contribution in [0.25, 0.3) is 0 Å². The van der Waals surface area contributed by atoms with Crippen molar-refractivity contribution in [3.63, 3.8) is 0 Å². The maximum Gasteiger partial charge on any atom is 0.305 e. The molecule has 3 atom stereocenters. The third-order valence-electron chi connectivity index (χ3n) is 14.6. The van der Waals surface area contributed by atoms with Crippen LogP contribution in [-0.4, -0.2) is 37.7 Å². The number of unbranched alkanes of at least 4 members (excludes halogenated alkanes) is 24. The number of rotatable bonds is 53. The summed E-state index contributed by atoms with van der Waals surface area (Å²) >= 11 is 0.